The summed E-state index contributed by atoms with van der Waals surface area (Å²) >= 11 is 0. The van der Waals surface area contributed by atoms with Crippen molar-refractivity contribution in [1.29, 1.82) is 0 Å². The van der Waals surface area contributed by atoms with Crippen LogP contribution in [0, 0.1) is 0 Å². The predicted octanol–water partition coefficient (Wildman–Crippen LogP) is 7.86. The highest BCUT2D eigenvalue weighted by atomic mass is 16.5. The monoisotopic (exact) mass is 398 g/mol. The van der Waals surface area contributed by atoms with E-state index in [9.17, 15) is 0 Å². The minimum atomic E-state index is 0.00354. The van der Waals surface area contributed by atoms with Gasteiger partial charge in [-0.1, -0.05) is 72.8 Å². The molecule has 4 aromatic carbocycles. The molecule has 0 fully saturated rings. The first-order valence-corrected chi connectivity index (χ1v) is 10.9. The Morgan fingerprint density at radius 3 is 1.37 bits per heavy atom. The van der Waals surface area contributed by atoms with Gasteiger partial charge < -0.3 is 9.47 Å². The molecule has 0 heterocycles. The van der Waals surface area contributed by atoms with Gasteiger partial charge in [-0.2, -0.15) is 0 Å². The third-order valence-corrected chi connectivity index (χ3v) is 5.88. The van der Waals surface area contributed by atoms with Crippen LogP contribution in [0.5, 0.6) is 0 Å². The third-order valence-electron chi connectivity index (χ3n) is 5.88. The van der Waals surface area contributed by atoms with Crippen LogP contribution >= 0.6 is 0 Å². The van der Waals surface area contributed by atoms with E-state index in [1.165, 1.54) is 43.8 Å². The maximum absolute atomic E-state index is 6.07. The molecular formula is C28H30O2. The van der Waals surface area contributed by atoms with Gasteiger partial charge in [0.25, 0.3) is 0 Å². The quantitative estimate of drug-likeness (QED) is 0.315. The lowest BCUT2D eigenvalue weighted by molar-refractivity contribution is 0.0755. The molecular weight excluding hydrogens is 368 g/mol. The summed E-state index contributed by atoms with van der Waals surface area (Å²) in [5.74, 6) is 0. The maximum Gasteiger partial charge on any atom is 0.0802 e. The Kier molecular flexibility index (Phi) is 6.17. The van der Waals surface area contributed by atoms with Crippen LogP contribution in [0.15, 0.2) is 72.8 Å². The second-order valence-electron chi connectivity index (χ2n) is 7.70. The molecule has 2 atom stereocenters. The summed E-state index contributed by atoms with van der Waals surface area (Å²) in [5.41, 5.74) is 4.95. The zero-order chi connectivity index (χ0) is 21.1. The molecule has 0 N–H and O–H groups in total. The van der Waals surface area contributed by atoms with Crippen LogP contribution in [-0.2, 0) is 9.47 Å². The first-order valence-electron chi connectivity index (χ1n) is 10.9. The fourth-order valence-electron chi connectivity index (χ4n) is 4.49. The summed E-state index contributed by atoms with van der Waals surface area (Å²) in [6.45, 7) is 9.77. The van der Waals surface area contributed by atoms with Crippen molar-refractivity contribution < 1.29 is 9.47 Å². The molecule has 0 amide bonds. The van der Waals surface area contributed by atoms with Crippen molar-refractivity contribution in [2.24, 2.45) is 0 Å². The van der Waals surface area contributed by atoms with Gasteiger partial charge in [0.05, 0.1) is 12.2 Å². The van der Waals surface area contributed by atoms with E-state index < -0.39 is 0 Å². The predicted molar refractivity (Wildman–Crippen MR) is 127 cm³/mol. The van der Waals surface area contributed by atoms with Crippen LogP contribution in [0.25, 0.3) is 32.7 Å². The highest BCUT2D eigenvalue weighted by Crippen LogP contribution is 2.43. The van der Waals surface area contributed by atoms with Crippen molar-refractivity contribution in [3.63, 3.8) is 0 Å². The van der Waals surface area contributed by atoms with Gasteiger partial charge in [-0.15, -0.1) is 0 Å². The van der Waals surface area contributed by atoms with Crippen LogP contribution in [0.4, 0.5) is 0 Å². The molecule has 0 bridgehead atoms. The molecule has 0 radical (unpaired) electrons. The van der Waals surface area contributed by atoms with Gasteiger partial charge in [0.2, 0.25) is 0 Å². The normalized spacial score (nSPS) is 13.6. The molecule has 0 saturated heterocycles. The number of hydrogen-bond acceptors (Lipinski definition) is 2. The molecule has 2 heteroatoms. The Morgan fingerprint density at radius 2 is 0.967 bits per heavy atom. The first-order chi connectivity index (χ1) is 14.7. The fraction of sp³-hybridized carbons (Fsp3) is 0.286. The van der Waals surface area contributed by atoms with Gasteiger partial charge in [0.15, 0.2) is 0 Å². The summed E-state index contributed by atoms with van der Waals surface area (Å²) < 4.78 is 12.1. The van der Waals surface area contributed by atoms with E-state index in [0.29, 0.717) is 13.2 Å². The third kappa shape index (κ3) is 3.74. The highest BCUT2D eigenvalue weighted by molar-refractivity contribution is 6.08. The molecule has 154 valence electrons. The van der Waals surface area contributed by atoms with Crippen molar-refractivity contribution in [2.75, 3.05) is 13.2 Å². The van der Waals surface area contributed by atoms with Gasteiger partial charge >= 0.3 is 0 Å². The van der Waals surface area contributed by atoms with Gasteiger partial charge in [-0.25, -0.2) is 0 Å². The minimum Gasteiger partial charge on any atom is -0.374 e. The lowest BCUT2D eigenvalue weighted by Gasteiger charge is -2.24. The molecule has 4 aromatic rings. The van der Waals surface area contributed by atoms with Gasteiger partial charge in [-0.3, -0.25) is 0 Å². The molecule has 0 saturated carbocycles. The molecule has 0 aliphatic heterocycles. The van der Waals surface area contributed by atoms with Gasteiger partial charge in [-0.05, 0) is 71.5 Å². The first kappa shape index (κ1) is 20.6. The lowest BCUT2D eigenvalue weighted by atomic mass is 9.84. The van der Waals surface area contributed by atoms with Crippen molar-refractivity contribution in [1.82, 2.24) is 0 Å². The van der Waals surface area contributed by atoms with Gasteiger partial charge in [0, 0.05) is 13.2 Å². The zero-order valence-electron chi connectivity index (χ0n) is 18.3. The lowest BCUT2D eigenvalue weighted by Crippen LogP contribution is -2.06. The van der Waals surface area contributed by atoms with E-state index >= 15 is 0 Å². The SMILES string of the molecule is CCOC(C)c1ccc2ccccc2c1-c1c(C(C)OCC)ccc2ccccc12. The van der Waals surface area contributed by atoms with Crippen LogP contribution in [0.3, 0.4) is 0 Å². The molecule has 30 heavy (non-hydrogen) atoms. The number of rotatable bonds is 7. The van der Waals surface area contributed by atoms with Crippen LogP contribution in [0.1, 0.15) is 51.0 Å². The van der Waals surface area contributed by atoms with Crippen LogP contribution < -0.4 is 0 Å². The molecule has 0 aliphatic carbocycles. The van der Waals surface area contributed by atoms with E-state index in [-0.39, 0.29) is 12.2 Å². The average Bonchev–Trinajstić information content (AvgIpc) is 2.78. The molecule has 0 aliphatic rings. The second-order valence-corrected chi connectivity index (χ2v) is 7.70. The largest absolute Gasteiger partial charge is 0.374 e. The number of fused-ring (bicyclic) bond motifs is 2. The average molecular weight is 399 g/mol. The fourth-order valence-corrected chi connectivity index (χ4v) is 4.49. The Bertz CT molecular complexity index is 1070. The standard InChI is InChI=1S/C28H30O2/c1-5-29-19(3)23-17-15-21-11-7-9-13-25(21)27(23)28-24(20(4)30-6-2)18-16-22-12-8-10-14-26(22)28/h7-20H,5-6H2,1-4H3. The summed E-state index contributed by atoms with van der Waals surface area (Å²) in [5, 5.41) is 4.98. The Hall–Kier alpha value is -2.68. The number of ether oxygens (including phenoxy) is 2. The zero-order valence-corrected chi connectivity index (χ0v) is 18.3. The maximum atomic E-state index is 6.07. The Morgan fingerprint density at radius 1 is 0.567 bits per heavy atom. The van der Waals surface area contributed by atoms with Crippen molar-refractivity contribution >= 4 is 21.5 Å². The minimum absolute atomic E-state index is 0.00354. The molecule has 2 nitrogen and oxygen atoms in total. The number of hydrogen-bond donors (Lipinski definition) is 0. The summed E-state index contributed by atoms with van der Waals surface area (Å²) in [6, 6.07) is 26.2. The van der Waals surface area contributed by atoms with Crippen LogP contribution in [0.2, 0.25) is 0 Å². The summed E-state index contributed by atoms with van der Waals surface area (Å²) in [7, 11) is 0. The van der Waals surface area contributed by atoms with E-state index in [2.05, 4.69) is 100 Å². The van der Waals surface area contributed by atoms with E-state index in [1.54, 1.807) is 0 Å². The van der Waals surface area contributed by atoms with E-state index in [0.717, 1.165) is 0 Å². The van der Waals surface area contributed by atoms with Crippen molar-refractivity contribution in [3.8, 4) is 11.1 Å². The van der Waals surface area contributed by atoms with Crippen molar-refractivity contribution in [3.05, 3.63) is 83.9 Å². The number of benzene rings is 4. The second kappa shape index (κ2) is 8.99. The van der Waals surface area contributed by atoms with Gasteiger partial charge in [0.1, 0.15) is 0 Å². The van der Waals surface area contributed by atoms with Crippen molar-refractivity contribution in [2.45, 2.75) is 39.9 Å². The Balaban J connectivity index is 2.13. The summed E-state index contributed by atoms with van der Waals surface area (Å²) in [6.07, 6.45) is 0.00708. The van der Waals surface area contributed by atoms with Crippen LogP contribution in [-0.4, -0.2) is 13.2 Å². The topological polar surface area (TPSA) is 18.5 Å². The van der Waals surface area contributed by atoms with E-state index in [4.69, 9.17) is 9.47 Å². The smallest absolute Gasteiger partial charge is 0.0802 e. The highest BCUT2D eigenvalue weighted by Gasteiger charge is 2.22. The van der Waals surface area contributed by atoms with E-state index in [1.807, 2.05) is 0 Å². The summed E-state index contributed by atoms with van der Waals surface area (Å²) in [4.78, 5) is 0. The molecule has 4 rings (SSSR count). The Labute approximate surface area is 179 Å². The molecule has 0 spiro atoms. The molecule has 0 aromatic heterocycles. The molecule has 2 unspecified atom stereocenters.